The smallest absolute Gasteiger partial charge is 0.275 e. The Morgan fingerprint density at radius 3 is 2.86 bits per heavy atom. The number of nitrogens with zero attached hydrogens (tertiary/aromatic N) is 5. The van der Waals surface area contributed by atoms with E-state index in [4.69, 9.17) is 11.6 Å². The standard InChI is InChI=1S/C18H19ClN6O2S/c1-11-8-16(26)25-18(21-11)28-15(23-25)10-24-6-4-12(5-7-24)17(27)22-14-3-2-13(19)9-20-14/h2-3,8-9,12H,4-7,10H2,1H3,(H,20,22,27). The number of likely N-dealkylation sites (tertiary alicyclic amines) is 1. The van der Waals surface area contributed by atoms with Crippen LogP contribution in [0.2, 0.25) is 5.02 Å². The molecule has 0 bridgehead atoms. The Kier molecular flexibility index (Phi) is 5.38. The third-order valence-corrected chi connectivity index (χ3v) is 5.83. The fraction of sp³-hybridized carbons (Fsp3) is 0.389. The summed E-state index contributed by atoms with van der Waals surface area (Å²) in [7, 11) is 0. The number of piperidine rings is 1. The molecule has 3 aromatic rings. The summed E-state index contributed by atoms with van der Waals surface area (Å²) < 4.78 is 1.35. The number of fused-ring (bicyclic) bond motifs is 1. The van der Waals surface area contributed by atoms with E-state index in [0.717, 1.165) is 30.9 Å². The lowest BCUT2D eigenvalue weighted by Gasteiger charge is -2.30. The highest BCUT2D eigenvalue weighted by Gasteiger charge is 2.26. The van der Waals surface area contributed by atoms with Crippen LogP contribution in [0, 0.1) is 12.8 Å². The second kappa shape index (κ2) is 7.94. The number of pyridine rings is 1. The molecule has 4 rings (SSSR count). The highest BCUT2D eigenvalue weighted by atomic mass is 35.5. The zero-order chi connectivity index (χ0) is 19.7. The molecule has 146 valence electrons. The highest BCUT2D eigenvalue weighted by Crippen LogP contribution is 2.22. The predicted molar refractivity (Wildman–Crippen MR) is 108 cm³/mol. The van der Waals surface area contributed by atoms with Crippen LogP contribution >= 0.6 is 22.9 Å². The van der Waals surface area contributed by atoms with Crippen LogP contribution in [-0.2, 0) is 11.3 Å². The van der Waals surface area contributed by atoms with Gasteiger partial charge >= 0.3 is 0 Å². The van der Waals surface area contributed by atoms with E-state index in [2.05, 4.69) is 25.3 Å². The van der Waals surface area contributed by atoms with E-state index in [-0.39, 0.29) is 17.4 Å². The van der Waals surface area contributed by atoms with Crippen molar-refractivity contribution in [1.82, 2.24) is 24.5 Å². The third kappa shape index (κ3) is 4.21. The lowest BCUT2D eigenvalue weighted by Crippen LogP contribution is -2.37. The Bertz CT molecular complexity index is 1060. The number of aromatic nitrogens is 4. The third-order valence-electron chi connectivity index (χ3n) is 4.71. The Balaban J connectivity index is 1.34. The van der Waals surface area contributed by atoms with Crippen LogP contribution in [-0.4, -0.2) is 43.5 Å². The van der Waals surface area contributed by atoms with Gasteiger partial charge in [-0.25, -0.2) is 9.97 Å². The predicted octanol–water partition coefficient (Wildman–Crippen LogP) is 2.36. The summed E-state index contributed by atoms with van der Waals surface area (Å²) in [6, 6.07) is 4.88. The molecule has 4 heterocycles. The van der Waals surface area contributed by atoms with Crippen LogP contribution in [0.3, 0.4) is 0 Å². The number of aryl methyl sites for hydroxylation is 1. The van der Waals surface area contributed by atoms with Gasteiger partial charge in [-0.2, -0.15) is 9.61 Å². The van der Waals surface area contributed by atoms with Crippen molar-refractivity contribution in [3.63, 3.8) is 0 Å². The van der Waals surface area contributed by atoms with E-state index < -0.39 is 0 Å². The van der Waals surface area contributed by atoms with Crippen LogP contribution in [0.1, 0.15) is 23.5 Å². The number of halogens is 1. The van der Waals surface area contributed by atoms with E-state index >= 15 is 0 Å². The first-order valence-corrected chi connectivity index (χ1v) is 10.2. The molecule has 0 saturated carbocycles. The lowest BCUT2D eigenvalue weighted by molar-refractivity contribution is -0.121. The summed E-state index contributed by atoms with van der Waals surface area (Å²) in [5.74, 6) is 0.455. The quantitative estimate of drug-likeness (QED) is 0.699. The summed E-state index contributed by atoms with van der Waals surface area (Å²) in [5, 5.41) is 8.62. The molecule has 28 heavy (non-hydrogen) atoms. The van der Waals surface area contributed by atoms with Crippen LogP contribution < -0.4 is 10.9 Å². The van der Waals surface area contributed by atoms with Gasteiger partial charge in [0, 0.05) is 23.9 Å². The maximum absolute atomic E-state index is 12.4. The SMILES string of the molecule is Cc1cc(=O)n2nc(CN3CCC(C(=O)Nc4ccc(Cl)cn4)CC3)sc2n1. The Hall–Kier alpha value is -2.36. The topological polar surface area (TPSA) is 92.5 Å². The second-order valence-electron chi connectivity index (χ2n) is 6.83. The maximum Gasteiger partial charge on any atom is 0.275 e. The number of anilines is 1. The van der Waals surface area contributed by atoms with Crippen LogP contribution in [0.5, 0.6) is 0 Å². The fourth-order valence-corrected chi connectivity index (χ4v) is 4.35. The van der Waals surface area contributed by atoms with E-state index in [1.165, 1.54) is 28.1 Å². The molecule has 0 aliphatic carbocycles. The maximum atomic E-state index is 12.4. The molecular formula is C18H19ClN6O2S. The number of hydrogen-bond acceptors (Lipinski definition) is 7. The lowest BCUT2D eigenvalue weighted by atomic mass is 9.96. The molecule has 0 aromatic carbocycles. The largest absolute Gasteiger partial charge is 0.310 e. The van der Waals surface area contributed by atoms with Gasteiger partial charge in [0.15, 0.2) is 0 Å². The number of amides is 1. The molecule has 0 atom stereocenters. The van der Waals surface area contributed by atoms with Crippen molar-refractivity contribution in [3.8, 4) is 0 Å². The van der Waals surface area contributed by atoms with Gasteiger partial charge in [0.25, 0.3) is 5.56 Å². The van der Waals surface area contributed by atoms with E-state index in [9.17, 15) is 9.59 Å². The molecule has 1 aliphatic rings. The molecule has 1 amide bonds. The minimum atomic E-state index is -0.156. The van der Waals surface area contributed by atoms with Gasteiger partial charge in [-0.05, 0) is 45.0 Å². The molecule has 0 radical (unpaired) electrons. The molecule has 1 N–H and O–H groups in total. The van der Waals surface area contributed by atoms with Crippen LogP contribution in [0.25, 0.3) is 4.96 Å². The van der Waals surface area contributed by atoms with Gasteiger partial charge in [0.1, 0.15) is 10.8 Å². The first-order chi connectivity index (χ1) is 13.5. The van der Waals surface area contributed by atoms with Crippen molar-refractivity contribution in [2.24, 2.45) is 5.92 Å². The summed E-state index contributed by atoms with van der Waals surface area (Å²) in [5.41, 5.74) is 0.540. The number of carbonyl (C=O) groups excluding carboxylic acids is 1. The zero-order valence-corrected chi connectivity index (χ0v) is 16.8. The number of nitrogens with one attached hydrogen (secondary N) is 1. The van der Waals surface area contributed by atoms with E-state index in [0.29, 0.717) is 28.0 Å². The Labute approximate surface area is 170 Å². The van der Waals surface area contributed by atoms with Crippen molar-refractivity contribution >= 4 is 39.6 Å². The van der Waals surface area contributed by atoms with E-state index in [1.807, 2.05) is 0 Å². The minimum Gasteiger partial charge on any atom is -0.310 e. The monoisotopic (exact) mass is 418 g/mol. The van der Waals surface area contributed by atoms with Crippen molar-refractivity contribution < 1.29 is 4.79 Å². The van der Waals surface area contributed by atoms with Gasteiger partial charge in [-0.1, -0.05) is 22.9 Å². The van der Waals surface area contributed by atoms with Crippen LogP contribution in [0.15, 0.2) is 29.2 Å². The number of rotatable bonds is 4. The average Bonchev–Trinajstić information content (AvgIpc) is 3.07. The second-order valence-corrected chi connectivity index (χ2v) is 8.30. The molecular weight excluding hydrogens is 400 g/mol. The molecule has 0 spiro atoms. The number of hydrogen-bond donors (Lipinski definition) is 1. The normalized spacial score (nSPS) is 15.8. The molecule has 3 aromatic heterocycles. The van der Waals surface area contributed by atoms with Crippen LogP contribution in [0.4, 0.5) is 5.82 Å². The van der Waals surface area contributed by atoms with Crippen molar-refractivity contribution in [2.45, 2.75) is 26.3 Å². The molecule has 1 aliphatic heterocycles. The van der Waals surface area contributed by atoms with Gasteiger partial charge in [-0.15, -0.1) is 0 Å². The molecule has 8 nitrogen and oxygen atoms in total. The average molecular weight is 419 g/mol. The molecule has 0 unspecified atom stereocenters. The summed E-state index contributed by atoms with van der Waals surface area (Å²) >= 11 is 7.24. The molecule has 10 heteroatoms. The number of carbonyl (C=O) groups is 1. The zero-order valence-electron chi connectivity index (χ0n) is 15.3. The summed E-state index contributed by atoms with van der Waals surface area (Å²) in [6.45, 7) is 4.04. The fourth-order valence-electron chi connectivity index (χ4n) is 3.25. The van der Waals surface area contributed by atoms with Gasteiger partial charge in [0.2, 0.25) is 10.9 Å². The van der Waals surface area contributed by atoms with Crippen molar-refractivity contribution in [2.75, 3.05) is 18.4 Å². The first kappa shape index (κ1) is 19.0. The van der Waals surface area contributed by atoms with E-state index in [1.54, 1.807) is 19.1 Å². The Morgan fingerprint density at radius 2 is 2.14 bits per heavy atom. The van der Waals surface area contributed by atoms with Gasteiger partial charge < -0.3 is 5.32 Å². The van der Waals surface area contributed by atoms with Gasteiger partial charge in [0.05, 0.1) is 11.6 Å². The highest BCUT2D eigenvalue weighted by molar-refractivity contribution is 7.16. The summed E-state index contributed by atoms with van der Waals surface area (Å²) in [4.78, 5) is 35.8. The summed E-state index contributed by atoms with van der Waals surface area (Å²) in [6.07, 6.45) is 3.04. The first-order valence-electron chi connectivity index (χ1n) is 8.99. The molecule has 1 saturated heterocycles. The Morgan fingerprint density at radius 1 is 1.36 bits per heavy atom. The van der Waals surface area contributed by atoms with Gasteiger partial charge in [-0.3, -0.25) is 14.5 Å². The minimum absolute atomic E-state index is 0.0133. The van der Waals surface area contributed by atoms with Crippen molar-refractivity contribution in [3.05, 3.63) is 50.5 Å². The molecule has 1 fully saturated rings. The van der Waals surface area contributed by atoms with Crippen molar-refractivity contribution in [1.29, 1.82) is 0 Å².